The first kappa shape index (κ1) is 21.6. The minimum atomic E-state index is -2.84. The molecular formula is C19H18F2N8O2S. The number of anilines is 2. The lowest BCUT2D eigenvalue weighted by Gasteiger charge is -2.13. The molecule has 2 amide bonds. The minimum absolute atomic E-state index is 0.0886. The average Bonchev–Trinajstić information content (AvgIpc) is 3.42. The van der Waals surface area contributed by atoms with E-state index in [4.69, 9.17) is 4.74 Å². The smallest absolute Gasteiger partial charge is 0.323 e. The van der Waals surface area contributed by atoms with Crippen LogP contribution < -0.4 is 10.6 Å². The van der Waals surface area contributed by atoms with Gasteiger partial charge in [-0.15, -0.1) is 4.80 Å². The quantitative estimate of drug-likeness (QED) is 0.431. The van der Waals surface area contributed by atoms with Gasteiger partial charge in [-0.2, -0.15) is 10.2 Å². The van der Waals surface area contributed by atoms with Crippen molar-refractivity contribution in [3.8, 4) is 5.82 Å². The molecule has 0 unspecified atom stereocenters. The van der Waals surface area contributed by atoms with Crippen molar-refractivity contribution in [2.45, 2.75) is 19.8 Å². The van der Waals surface area contributed by atoms with Crippen molar-refractivity contribution >= 4 is 39.1 Å². The number of alkyl halides is 2. The highest BCUT2D eigenvalue weighted by molar-refractivity contribution is 7.18. The number of pyridine rings is 2. The Morgan fingerprint density at radius 2 is 2.00 bits per heavy atom. The highest BCUT2D eigenvalue weighted by atomic mass is 32.1. The lowest BCUT2D eigenvalue weighted by molar-refractivity contribution is 0.150. The Labute approximate surface area is 184 Å². The average molecular weight is 460 g/mol. The monoisotopic (exact) mass is 460 g/mol. The number of nitrogens with one attached hydrogen (secondary N) is 2. The predicted molar refractivity (Wildman–Crippen MR) is 114 cm³/mol. The zero-order valence-corrected chi connectivity index (χ0v) is 17.9. The molecule has 2 N–H and O–H groups in total. The highest BCUT2D eigenvalue weighted by Crippen LogP contribution is 2.29. The molecule has 4 aromatic rings. The number of aryl methyl sites for hydroxylation is 1. The molecule has 0 bridgehead atoms. The van der Waals surface area contributed by atoms with Crippen LogP contribution in [-0.4, -0.2) is 49.7 Å². The van der Waals surface area contributed by atoms with E-state index in [1.807, 2.05) is 6.92 Å². The van der Waals surface area contributed by atoms with Gasteiger partial charge < -0.3 is 15.4 Å². The molecule has 0 radical (unpaired) electrons. The summed E-state index contributed by atoms with van der Waals surface area (Å²) in [5.41, 5.74) is 1.60. The fraction of sp³-hybridized carbons (Fsp3) is 0.263. The first-order valence-electron chi connectivity index (χ1n) is 9.43. The maximum Gasteiger partial charge on any atom is 0.323 e. The van der Waals surface area contributed by atoms with E-state index in [1.54, 1.807) is 13.3 Å². The minimum Gasteiger partial charge on any atom is -0.384 e. The van der Waals surface area contributed by atoms with Crippen molar-refractivity contribution in [1.29, 1.82) is 0 Å². The molecule has 0 fully saturated rings. The van der Waals surface area contributed by atoms with E-state index in [-0.39, 0.29) is 11.5 Å². The Balaban J connectivity index is 1.57. The molecule has 0 atom stereocenters. The fourth-order valence-corrected chi connectivity index (χ4v) is 3.86. The summed E-state index contributed by atoms with van der Waals surface area (Å²) in [7, 11) is 1.58. The van der Waals surface area contributed by atoms with Gasteiger partial charge in [0, 0.05) is 19.1 Å². The molecule has 10 nitrogen and oxygen atoms in total. The number of urea groups is 1. The number of rotatable bonds is 7. The summed E-state index contributed by atoms with van der Waals surface area (Å²) in [6.45, 7) is 2.30. The molecule has 0 aliphatic heterocycles. The number of hydrogen-bond acceptors (Lipinski definition) is 8. The van der Waals surface area contributed by atoms with Gasteiger partial charge in [0.1, 0.15) is 10.3 Å². The van der Waals surface area contributed by atoms with Crippen LogP contribution in [0, 0.1) is 6.92 Å². The van der Waals surface area contributed by atoms with Crippen LogP contribution in [0.3, 0.4) is 0 Å². The topological polar surface area (TPSA) is 120 Å². The van der Waals surface area contributed by atoms with Crippen LogP contribution in [0.1, 0.15) is 22.6 Å². The standard InChI is InChI=1S/C19H18F2N8O2S/c1-10-26-15-12(3-6-31-2)14(9-23-18(15)32-10)28-19(30)27-11-7-13(16(20)21)17(22-8-11)29-24-4-5-25-29/h4-5,7-9,16H,3,6H2,1-2H3,(H2,27,28,30). The first-order chi connectivity index (χ1) is 15.5. The van der Waals surface area contributed by atoms with Crippen LogP contribution in [0.5, 0.6) is 0 Å². The van der Waals surface area contributed by atoms with Gasteiger partial charge in [0.05, 0.1) is 53.3 Å². The number of fused-ring (bicyclic) bond motifs is 1. The molecule has 4 aromatic heterocycles. The second-order valence-electron chi connectivity index (χ2n) is 6.62. The number of hydrogen-bond donors (Lipinski definition) is 2. The van der Waals surface area contributed by atoms with Gasteiger partial charge in [0.2, 0.25) is 0 Å². The van der Waals surface area contributed by atoms with Gasteiger partial charge in [0.15, 0.2) is 5.82 Å². The predicted octanol–water partition coefficient (Wildman–Crippen LogP) is 3.75. The van der Waals surface area contributed by atoms with Gasteiger partial charge in [-0.05, 0) is 13.0 Å². The molecule has 13 heteroatoms. The third kappa shape index (κ3) is 4.53. The molecular weight excluding hydrogens is 442 g/mol. The maximum atomic E-state index is 13.5. The first-order valence-corrected chi connectivity index (χ1v) is 10.2. The van der Waals surface area contributed by atoms with Crippen molar-refractivity contribution in [1.82, 2.24) is 29.9 Å². The largest absolute Gasteiger partial charge is 0.384 e. The second-order valence-corrected chi connectivity index (χ2v) is 7.80. The van der Waals surface area contributed by atoms with Crippen LogP contribution in [0.2, 0.25) is 0 Å². The number of ether oxygens (including phenoxy) is 1. The molecule has 0 spiro atoms. The zero-order chi connectivity index (χ0) is 22.7. The van der Waals surface area contributed by atoms with E-state index in [1.165, 1.54) is 29.9 Å². The van der Waals surface area contributed by atoms with Gasteiger partial charge in [-0.3, -0.25) is 0 Å². The van der Waals surface area contributed by atoms with Crippen LogP contribution in [0.25, 0.3) is 16.2 Å². The maximum absolute atomic E-state index is 13.5. The number of carbonyl (C=O) groups excluding carboxylic acids is 1. The van der Waals surface area contributed by atoms with E-state index in [9.17, 15) is 13.6 Å². The van der Waals surface area contributed by atoms with Crippen LogP contribution in [-0.2, 0) is 11.2 Å². The lowest BCUT2D eigenvalue weighted by atomic mass is 10.1. The highest BCUT2D eigenvalue weighted by Gasteiger charge is 2.19. The third-order valence-electron chi connectivity index (χ3n) is 4.44. The molecule has 0 aromatic carbocycles. The Kier molecular flexibility index (Phi) is 6.28. The fourth-order valence-electron chi connectivity index (χ4n) is 3.07. The molecule has 32 heavy (non-hydrogen) atoms. The van der Waals surface area contributed by atoms with Crippen molar-refractivity contribution < 1.29 is 18.3 Å². The lowest BCUT2D eigenvalue weighted by Crippen LogP contribution is -2.21. The number of halogens is 2. The number of thiazole rings is 1. The zero-order valence-electron chi connectivity index (χ0n) is 17.0. The normalized spacial score (nSPS) is 11.3. The molecule has 4 heterocycles. The number of amides is 2. The summed E-state index contributed by atoms with van der Waals surface area (Å²) in [6.07, 6.45) is 3.17. The summed E-state index contributed by atoms with van der Waals surface area (Å²) < 4.78 is 32.3. The third-order valence-corrected chi connectivity index (χ3v) is 5.32. The van der Waals surface area contributed by atoms with E-state index in [0.29, 0.717) is 24.2 Å². The van der Waals surface area contributed by atoms with E-state index < -0.39 is 18.0 Å². The molecule has 166 valence electrons. The van der Waals surface area contributed by atoms with Crippen molar-refractivity contribution in [2.24, 2.45) is 0 Å². The van der Waals surface area contributed by atoms with Crippen molar-refractivity contribution in [3.05, 3.63) is 47.0 Å². The summed E-state index contributed by atoms with van der Waals surface area (Å²) in [4.78, 5) is 27.2. The summed E-state index contributed by atoms with van der Waals surface area (Å²) in [5, 5.41) is 13.7. The summed E-state index contributed by atoms with van der Waals surface area (Å²) in [6, 6.07) is 0.497. The summed E-state index contributed by atoms with van der Waals surface area (Å²) >= 11 is 1.45. The van der Waals surface area contributed by atoms with Gasteiger partial charge in [-0.25, -0.2) is 28.5 Å². The van der Waals surface area contributed by atoms with Crippen molar-refractivity contribution in [2.75, 3.05) is 24.4 Å². The molecule has 0 aliphatic carbocycles. The number of methoxy groups -OCH3 is 1. The van der Waals surface area contributed by atoms with Crippen LogP contribution >= 0.6 is 11.3 Å². The number of nitrogens with zero attached hydrogens (tertiary/aromatic N) is 6. The molecule has 0 saturated heterocycles. The number of aromatic nitrogens is 6. The van der Waals surface area contributed by atoms with Crippen LogP contribution in [0.15, 0.2) is 30.9 Å². The van der Waals surface area contributed by atoms with Crippen LogP contribution in [0.4, 0.5) is 25.0 Å². The van der Waals surface area contributed by atoms with E-state index in [2.05, 4.69) is 35.8 Å². The Morgan fingerprint density at radius 3 is 2.72 bits per heavy atom. The second kappa shape index (κ2) is 9.28. The Morgan fingerprint density at radius 1 is 1.22 bits per heavy atom. The van der Waals surface area contributed by atoms with Crippen molar-refractivity contribution in [3.63, 3.8) is 0 Å². The van der Waals surface area contributed by atoms with E-state index in [0.717, 1.165) is 26.3 Å². The van der Waals surface area contributed by atoms with Gasteiger partial charge >= 0.3 is 6.03 Å². The molecule has 0 saturated carbocycles. The Hall–Kier alpha value is -3.58. The number of carbonyl (C=O) groups is 1. The van der Waals surface area contributed by atoms with Gasteiger partial charge in [-0.1, -0.05) is 11.3 Å². The van der Waals surface area contributed by atoms with Gasteiger partial charge in [0.25, 0.3) is 6.43 Å². The SMILES string of the molecule is COCCc1c(NC(=O)Nc2cnc(-n3nccn3)c(C(F)F)c2)cnc2sc(C)nc12. The molecule has 4 rings (SSSR count). The Bertz CT molecular complexity index is 1250. The summed E-state index contributed by atoms with van der Waals surface area (Å²) in [5.74, 6) is -0.119. The molecule has 0 aliphatic rings. The van der Waals surface area contributed by atoms with E-state index >= 15 is 0 Å².